The Morgan fingerprint density at radius 3 is 2.72 bits per heavy atom. The third-order valence-corrected chi connectivity index (χ3v) is 8.79. The first kappa shape index (κ1) is 22.1. The molecule has 5 atom stereocenters. The lowest BCUT2D eigenvalue weighted by molar-refractivity contribution is 0.00783. The highest BCUT2D eigenvalue weighted by Gasteiger charge is 2.48. The van der Waals surface area contributed by atoms with Crippen molar-refractivity contribution in [3.8, 4) is 0 Å². The number of nitrogen functional groups attached to an aromatic ring is 1. The van der Waals surface area contributed by atoms with Crippen LogP contribution in [0.5, 0.6) is 0 Å². The summed E-state index contributed by atoms with van der Waals surface area (Å²) >= 11 is 1.61. The number of benzene rings is 1. The Labute approximate surface area is 193 Å². The molecule has 32 heavy (non-hydrogen) atoms. The molecule has 3 heterocycles. The summed E-state index contributed by atoms with van der Waals surface area (Å²) < 4.78 is 0. The van der Waals surface area contributed by atoms with Crippen LogP contribution >= 0.6 is 11.8 Å². The molecule has 0 amide bonds. The summed E-state index contributed by atoms with van der Waals surface area (Å²) in [5.74, 6) is 0.275. The monoisotopic (exact) mass is 455 g/mol. The molecule has 1 aliphatic carbocycles. The zero-order valence-corrected chi connectivity index (χ0v) is 19.3. The SMILES string of the molecule is CC1NC(N2CCC3(CC2)Cc2ccccc2C3N)[C@@H](CO)NC1Sc1ccnc(N)n1. The summed E-state index contributed by atoms with van der Waals surface area (Å²) in [7, 11) is 0. The second-order valence-corrected chi connectivity index (χ2v) is 10.6. The number of aliphatic hydroxyl groups is 1. The average molecular weight is 456 g/mol. The van der Waals surface area contributed by atoms with Crippen molar-refractivity contribution < 1.29 is 5.11 Å². The van der Waals surface area contributed by atoms with Crippen molar-refractivity contribution in [2.45, 2.75) is 60.9 Å². The minimum Gasteiger partial charge on any atom is -0.395 e. The van der Waals surface area contributed by atoms with Gasteiger partial charge in [0.15, 0.2) is 0 Å². The van der Waals surface area contributed by atoms with Gasteiger partial charge in [0.1, 0.15) is 5.03 Å². The lowest BCUT2D eigenvalue weighted by atomic mass is 9.73. The van der Waals surface area contributed by atoms with E-state index in [0.29, 0.717) is 0 Å². The number of thioether (sulfide) groups is 1. The molecule has 0 radical (unpaired) electrons. The number of hydrogen-bond donors (Lipinski definition) is 5. The van der Waals surface area contributed by atoms with Crippen LogP contribution in [-0.2, 0) is 6.42 Å². The van der Waals surface area contributed by atoms with Crippen LogP contribution in [0, 0.1) is 5.41 Å². The van der Waals surface area contributed by atoms with Gasteiger partial charge in [0.05, 0.1) is 24.2 Å². The van der Waals surface area contributed by atoms with Gasteiger partial charge in [-0.05, 0) is 48.8 Å². The number of piperazine rings is 1. The maximum Gasteiger partial charge on any atom is 0.221 e. The lowest BCUT2D eigenvalue weighted by Crippen LogP contribution is -2.71. The van der Waals surface area contributed by atoms with E-state index in [1.807, 2.05) is 6.07 Å². The molecule has 0 saturated carbocycles. The summed E-state index contributed by atoms with van der Waals surface area (Å²) in [4.78, 5) is 10.8. The molecule has 4 unspecified atom stereocenters. The zero-order valence-electron chi connectivity index (χ0n) is 18.4. The normalized spacial score (nSPS) is 32.2. The number of nitrogens with two attached hydrogens (primary N) is 2. The van der Waals surface area contributed by atoms with Crippen molar-refractivity contribution in [2.75, 3.05) is 25.4 Å². The highest BCUT2D eigenvalue weighted by molar-refractivity contribution is 7.99. The number of anilines is 1. The summed E-state index contributed by atoms with van der Waals surface area (Å²) in [6.07, 6.45) is 4.99. The quantitative estimate of drug-likeness (QED) is 0.431. The Bertz CT molecular complexity index is 951. The maximum absolute atomic E-state index is 10.2. The number of aliphatic hydroxyl groups excluding tert-OH is 1. The molecular weight excluding hydrogens is 422 g/mol. The van der Waals surface area contributed by atoms with E-state index in [2.05, 4.69) is 56.7 Å². The smallest absolute Gasteiger partial charge is 0.221 e. The van der Waals surface area contributed by atoms with E-state index in [-0.39, 0.29) is 47.6 Å². The highest BCUT2D eigenvalue weighted by Crippen LogP contribution is 2.50. The first-order chi connectivity index (χ1) is 15.5. The summed E-state index contributed by atoms with van der Waals surface area (Å²) in [6.45, 7) is 4.19. The average Bonchev–Trinajstić information content (AvgIpc) is 3.07. The Hall–Kier alpha value is -1.75. The van der Waals surface area contributed by atoms with E-state index in [4.69, 9.17) is 11.5 Å². The van der Waals surface area contributed by atoms with Crippen LogP contribution in [0.1, 0.15) is 36.9 Å². The molecule has 1 aromatic heterocycles. The number of nitrogens with zero attached hydrogens (tertiary/aromatic N) is 3. The molecule has 2 saturated heterocycles. The van der Waals surface area contributed by atoms with Crippen LogP contribution in [0.25, 0.3) is 0 Å². The number of likely N-dealkylation sites (tertiary alicyclic amines) is 1. The molecule has 1 spiro atoms. The van der Waals surface area contributed by atoms with Gasteiger partial charge in [0, 0.05) is 31.4 Å². The predicted molar refractivity (Wildman–Crippen MR) is 127 cm³/mol. The molecule has 2 fully saturated rings. The molecule has 0 bridgehead atoms. The Morgan fingerprint density at radius 1 is 1.22 bits per heavy atom. The number of piperidine rings is 1. The van der Waals surface area contributed by atoms with E-state index >= 15 is 0 Å². The van der Waals surface area contributed by atoms with Gasteiger partial charge in [-0.2, -0.15) is 0 Å². The van der Waals surface area contributed by atoms with Crippen LogP contribution in [-0.4, -0.2) is 63.3 Å². The first-order valence-corrected chi connectivity index (χ1v) is 12.3. The van der Waals surface area contributed by atoms with Crippen molar-refractivity contribution in [3.05, 3.63) is 47.7 Å². The first-order valence-electron chi connectivity index (χ1n) is 11.4. The lowest BCUT2D eigenvalue weighted by Gasteiger charge is -2.50. The third kappa shape index (κ3) is 4.02. The predicted octanol–water partition coefficient (Wildman–Crippen LogP) is 1.08. The van der Waals surface area contributed by atoms with Gasteiger partial charge in [0.25, 0.3) is 0 Å². The van der Waals surface area contributed by atoms with Gasteiger partial charge in [0.2, 0.25) is 5.95 Å². The molecule has 5 rings (SSSR count). The molecule has 2 aromatic rings. The van der Waals surface area contributed by atoms with E-state index < -0.39 is 0 Å². The van der Waals surface area contributed by atoms with Crippen LogP contribution in [0.15, 0.2) is 41.6 Å². The van der Waals surface area contributed by atoms with Crippen molar-refractivity contribution in [2.24, 2.45) is 11.1 Å². The van der Waals surface area contributed by atoms with Crippen LogP contribution in [0.3, 0.4) is 0 Å². The second-order valence-electron chi connectivity index (χ2n) is 9.40. The molecule has 172 valence electrons. The van der Waals surface area contributed by atoms with E-state index in [0.717, 1.165) is 37.4 Å². The van der Waals surface area contributed by atoms with Gasteiger partial charge < -0.3 is 16.6 Å². The number of nitrogens with one attached hydrogen (secondary N) is 2. The van der Waals surface area contributed by atoms with Crippen molar-refractivity contribution >= 4 is 17.7 Å². The molecule has 8 nitrogen and oxygen atoms in total. The van der Waals surface area contributed by atoms with Gasteiger partial charge >= 0.3 is 0 Å². The minimum absolute atomic E-state index is 0.0635. The maximum atomic E-state index is 10.2. The summed E-state index contributed by atoms with van der Waals surface area (Å²) in [5, 5.41) is 18.5. The number of rotatable bonds is 4. The molecule has 7 N–H and O–H groups in total. The van der Waals surface area contributed by atoms with E-state index in [1.54, 1.807) is 18.0 Å². The van der Waals surface area contributed by atoms with Gasteiger partial charge in [-0.25, -0.2) is 9.97 Å². The van der Waals surface area contributed by atoms with Crippen LogP contribution in [0.4, 0.5) is 5.95 Å². The topological polar surface area (TPSA) is 125 Å². The molecule has 2 aliphatic heterocycles. The van der Waals surface area contributed by atoms with Crippen LogP contribution in [0.2, 0.25) is 0 Å². The second kappa shape index (κ2) is 8.89. The fourth-order valence-corrected chi connectivity index (χ4v) is 6.74. The molecule has 3 aliphatic rings. The largest absolute Gasteiger partial charge is 0.395 e. The van der Waals surface area contributed by atoms with E-state index in [9.17, 15) is 5.11 Å². The van der Waals surface area contributed by atoms with Gasteiger partial charge in [-0.3, -0.25) is 15.5 Å². The Kier molecular flexibility index (Phi) is 6.13. The molecular formula is C23H33N7OS. The van der Waals surface area contributed by atoms with Crippen molar-refractivity contribution in [1.82, 2.24) is 25.5 Å². The zero-order chi connectivity index (χ0) is 22.3. The Morgan fingerprint density at radius 2 is 2.00 bits per heavy atom. The Balaban J connectivity index is 1.23. The van der Waals surface area contributed by atoms with Crippen molar-refractivity contribution in [3.63, 3.8) is 0 Å². The minimum atomic E-state index is -0.0635. The van der Waals surface area contributed by atoms with Gasteiger partial charge in [-0.1, -0.05) is 36.0 Å². The van der Waals surface area contributed by atoms with Crippen molar-refractivity contribution in [1.29, 1.82) is 0 Å². The summed E-state index contributed by atoms with van der Waals surface area (Å²) in [5.41, 5.74) is 15.4. The third-order valence-electron chi connectivity index (χ3n) is 7.52. The van der Waals surface area contributed by atoms with Gasteiger partial charge in [-0.15, -0.1) is 0 Å². The number of fused-ring (bicyclic) bond motifs is 1. The number of aromatic nitrogens is 2. The fourth-order valence-electron chi connectivity index (χ4n) is 5.67. The summed E-state index contributed by atoms with van der Waals surface area (Å²) in [6, 6.07) is 10.8. The highest BCUT2D eigenvalue weighted by atomic mass is 32.2. The standard InChI is InChI=1S/C23H33N7OS/c1-14-21(32-18-6-9-26-22(25)29-18)28-17(13-31)20(27-14)30-10-7-23(8-11-30)12-15-4-2-3-5-16(15)19(23)24/h2-6,9,14,17,19-21,27-28,31H,7-8,10-13,24H2,1H3,(H2,25,26,29)/t14?,17-,19?,20?,21?/m1/s1. The fraction of sp³-hybridized carbons (Fsp3) is 0.565. The van der Waals surface area contributed by atoms with E-state index in [1.165, 1.54) is 11.1 Å². The number of hydrogen-bond acceptors (Lipinski definition) is 9. The van der Waals surface area contributed by atoms with Crippen LogP contribution < -0.4 is 22.1 Å². The molecule has 9 heteroatoms. The molecule has 1 aromatic carbocycles.